The Labute approximate surface area is 226 Å². The molecule has 3 rings (SSSR count). The maximum Gasteiger partial charge on any atom is 0.243 e. The lowest BCUT2D eigenvalue weighted by atomic mass is 9.86. The van der Waals surface area contributed by atoms with Gasteiger partial charge in [0.05, 0.1) is 0 Å². The van der Waals surface area contributed by atoms with Gasteiger partial charge in [-0.2, -0.15) is 0 Å². The van der Waals surface area contributed by atoms with E-state index in [1.54, 1.807) is 17.0 Å². The molecule has 0 aliphatic heterocycles. The average molecular weight is 532 g/mol. The second kappa shape index (κ2) is 13.0. The molecule has 1 aliphatic rings. The van der Waals surface area contributed by atoms with Gasteiger partial charge in [0.1, 0.15) is 6.04 Å². The Bertz CT molecular complexity index is 1020. The van der Waals surface area contributed by atoms with Crippen LogP contribution in [0.1, 0.15) is 89.3 Å². The van der Waals surface area contributed by atoms with Crippen LogP contribution in [0.2, 0.25) is 10.0 Å². The molecular formula is C30H40Cl2N2O2. The first-order valence-electron chi connectivity index (χ1n) is 13.2. The largest absolute Gasteiger partial charge is 0.352 e. The van der Waals surface area contributed by atoms with Crippen molar-refractivity contribution in [3.8, 4) is 0 Å². The van der Waals surface area contributed by atoms with Crippen molar-refractivity contribution in [2.45, 2.75) is 103 Å². The van der Waals surface area contributed by atoms with Crippen LogP contribution in [0.25, 0.3) is 0 Å². The molecule has 2 amide bonds. The molecule has 0 radical (unpaired) electrons. The van der Waals surface area contributed by atoms with E-state index in [4.69, 9.17) is 23.2 Å². The zero-order valence-corrected chi connectivity index (χ0v) is 23.6. The van der Waals surface area contributed by atoms with Crippen molar-refractivity contribution in [2.24, 2.45) is 0 Å². The summed E-state index contributed by atoms with van der Waals surface area (Å²) in [6.45, 7) is 8.80. The molecule has 6 heteroatoms. The molecule has 0 bridgehead atoms. The lowest BCUT2D eigenvalue weighted by Gasteiger charge is -2.33. The Morgan fingerprint density at radius 1 is 1.03 bits per heavy atom. The van der Waals surface area contributed by atoms with Crippen LogP contribution in [-0.2, 0) is 28.0 Å². The normalized spacial score (nSPS) is 15.4. The van der Waals surface area contributed by atoms with Crippen LogP contribution in [-0.4, -0.2) is 28.8 Å². The fraction of sp³-hybridized carbons (Fsp3) is 0.533. The molecule has 36 heavy (non-hydrogen) atoms. The monoisotopic (exact) mass is 530 g/mol. The van der Waals surface area contributed by atoms with Crippen LogP contribution in [0.15, 0.2) is 42.5 Å². The number of carbonyl (C=O) groups excluding carboxylic acids is 2. The van der Waals surface area contributed by atoms with E-state index in [9.17, 15) is 9.59 Å². The van der Waals surface area contributed by atoms with Gasteiger partial charge in [0.2, 0.25) is 11.8 Å². The van der Waals surface area contributed by atoms with E-state index in [2.05, 4.69) is 50.4 Å². The molecule has 0 saturated heterocycles. The van der Waals surface area contributed by atoms with Gasteiger partial charge in [-0.3, -0.25) is 9.59 Å². The number of nitrogens with one attached hydrogen (secondary N) is 1. The topological polar surface area (TPSA) is 49.4 Å². The second-order valence-electron chi connectivity index (χ2n) is 11.0. The highest BCUT2D eigenvalue weighted by Gasteiger charge is 2.30. The van der Waals surface area contributed by atoms with Crippen LogP contribution in [0.5, 0.6) is 0 Å². The lowest BCUT2D eigenvalue weighted by molar-refractivity contribution is -0.141. The van der Waals surface area contributed by atoms with Gasteiger partial charge in [0.25, 0.3) is 0 Å². The summed E-state index contributed by atoms with van der Waals surface area (Å²) in [4.78, 5) is 28.7. The Hall–Kier alpha value is -2.04. The first-order chi connectivity index (χ1) is 17.1. The molecule has 0 unspecified atom stereocenters. The zero-order chi connectivity index (χ0) is 26.3. The fourth-order valence-corrected chi connectivity index (χ4v) is 5.33. The Balaban J connectivity index is 1.77. The molecule has 0 aromatic heterocycles. The summed E-state index contributed by atoms with van der Waals surface area (Å²) < 4.78 is 0. The molecular weight excluding hydrogens is 491 g/mol. The van der Waals surface area contributed by atoms with Gasteiger partial charge in [-0.05, 0) is 59.9 Å². The van der Waals surface area contributed by atoms with Gasteiger partial charge >= 0.3 is 0 Å². The third-order valence-electron chi connectivity index (χ3n) is 7.14. The minimum atomic E-state index is -0.547. The molecule has 4 nitrogen and oxygen atoms in total. The van der Waals surface area contributed by atoms with Gasteiger partial charge in [0, 0.05) is 29.1 Å². The van der Waals surface area contributed by atoms with Gasteiger partial charge < -0.3 is 10.2 Å². The summed E-state index contributed by atoms with van der Waals surface area (Å²) >= 11 is 12.6. The van der Waals surface area contributed by atoms with Crippen molar-refractivity contribution >= 4 is 35.0 Å². The highest BCUT2D eigenvalue weighted by Crippen LogP contribution is 2.26. The van der Waals surface area contributed by atoms with Crippen LogP contribution >= 0.6 is 23.2 Å². The Morgan fingerprint density at radius 3 is 2.28 bits per heavy atom. The van der Waals surface area contributed by atoms with Crippen LogP contribution in [0, 0.1) is 0 Å². The third kappa shape index (κ3) is 7.98. The van der Waals surface area contributed by atoms with Gasteiger partial charge in [-0.1, -0.05) is 100 Å². The van der Waals surface area contributed by atoms with Crippen molar-refractivity contribution in [3.05, 3.63) is 69.2 Å². The highest BCUT2D eigenvalue weighted by molar-refractivity contribution is 6.35. The molecule has 1 aliphatic carbocycles. The van der Waals surface area contributed by atoms with Crippen LogP contribution in [0.3, 0.4) is 0 Å². The summed E-state index contributed by atoms with van der Waals surface area (Å²) in [5.74, 6) is -0.121. The first kappa shape index (κ1) is 28.5. The van der Waals surface area contributed by atoms with E-state index in [0.717, 1.165) is 36.8 Å². The smallest absolute Gasteiger partial charge is 0.243 e. The number of nitrogens with zero attached hydrogens (tertiary/aromatic N) is 1. The van der Waals surface area contributed by atoms with E-state index in [1.165, 1.54) is 12.0 Å². The fourth-order valence-electron chi connectivity index (χ4n) is 4.86. The second-order valence-corrected chi connectivity index (χ2v) is 11.8. The quantitative estimate of drug-likeness (QED) is 0.365. The number of rotatable bonds is 9. The molecule has 1 atom stereocenters. The van der Waals surface area contributed by atoms with Crippen molar-refractivity contribution in [1.82, 2.24) is 10.2 Å². The number of amides is 2. The standard InChI is InChI=1S/C30H40Cl2N2O2/c1-5-27(29(36)33-25-9-7-6-8-10-25)34(20-22-14-17-24(31)19-26(22)32)28(35)18-13-21-11-15-23(16-12-21)30(2,3)4/h11-12,14-17,19,25,27H,5-10,13,18,20H2,1-4H3,(H,33,36)/t27-/m1/s1. The van der Waals surface area contributed by atoms with Crippen LogP contribution in [0.4, 0.5) is 0 Å². The van der Waals surface area contributed by atoms with E-state index in [0.29, 0.717) is 29.3 Å². The maximum atomic E-state index is 13.6. The third-order valence-corrected chi connectivity index (χ3v) is 7.73. The van der Waals surface area contributed by atoms with Gasteiger partial charge in [-0.15, -0.1) is 0 Å². The number of carbonyl (C=O) groups is 2. The number of benzene rings is 2. The number of hydrogen-bond donors (Lipinski definition) is 1. The lowest BCUT2D eigenvalue weighted by Crippen LogP contribution is -2.51. The molecule has 2 aromatic carbocycles. The van der Waals surface area contributed by atoms with E-state index in [-0.39, 0.29) is 29.8 Å². The molecule has 2 aromatic rings. The average Bonchev–Trinajstić information content (AvgIpc) is 2.84. The van der Waals surface area contributed by atoms with Crippen molar-refractivity contribution < 1.29 is 9.59 Å². The molecule has 1 N–H and O–H groups in total. The zero-order valence-electron chi connectivity index (χ0n) is 22.1. The van der Waals surface area contributed by atoms with Gasteiger partial charge in [-0.25, -0.2) is 0 Å². The van der Waals surface area contributed by atoms with Gasteiger partial charge in [0.15, 0.2) is 0 Å². The van der Waals surface area contributed by atoms with Crippen molar-refractivity contribution in [3.63, 3.8) is 0 Å². The number of aryl methyl sites for hydroxylation is 1. The molecule has 0 heterocycles. The highest BCUT2D eigenvalue weighted by atomic mass is 35.5. The summed E-state index contributed by atoms with van der Waals surface area (Å²) in [5.41, 5.74) is 3.25. The Morgan fingerprint density at radius 2 is 1.69 bits per heavy atom. The predicted octanol–water partition coefficient (Wildman–Crippen LogP) is 7.48. The Kier molecular flexibility index (Phi) is 10.3. The number of hydrogen-bond acceptors (Lipinski definition) is 2. The maximum absolute atomic E-state index is 13.6. The van der Waals surface area contributed by atoms with Crippen molar-refractivity contribution in [2.75, 3.05) is 0 Å². The molecule has 0 spiro atoms. The molecule has 1 saturated carbocycles. The molecule has 196 valence electrons. The minimum absolute atomic E-state index is 0.0495. The summed E-state index contributed by atoms with van der Waals surface area (Å²) in [6.07, 6.45) is 6.99. The van der Waals surface area contributed by atoms with Crippen molar-refractivity contribution in [1.29, 1.82) is 0 Å². The minimum Gasteiger partial charge on any atom is -0.352 e. The van der Waals surface area contributed by atoms with E-state index >= 15 is 0 Å². The van der Waals surface area contributed by atoms with E-state index in [1.807, 2.05) is 13.0 Å². The summed E-state index contributed by atoms with van der Waals surface area (Å²) in [7, 11) is 0. The first-order valence-corrected chi connectivity index (χ1v) is 14.0. The van der Waals surface area contributed by atoms with E-state index < -0.39 is 6.04 Å². The molecule has 1 fully saturated rings. The predicted molar refractivity (Wildman–Crippen MR) is 150 cm³/mol. The SMILES string of the molecule is CC[C@H](C(=O)NC1CCCCC1)N(Cc1ccc(Cl)cc1Cl)C(=O)CCc1ccc(C(C)(C)C)cc1. The number of halogens is 2. The van der Waals surface area contributed by atoms with Crippen LogP contribution < -0.4 is 5.32 Å². The summed E-state index contributed by atoms with van der Waals surface area (Å²) in [6, 6.07) is 13.4. The summed E-state index contributed by atoms with van der Waals surface area (Å²) in [5, 5.41) is 4.27.